The number of anilines is 2. The molecule has 4 aromatic rings. The third-order valence-corrected chi connectivity index (χ3v) is 5.91. The summed E-state index contributed by atoms with van der Waals surface area (Å²) in [6.45, 7) is 0. The number of allylic oxidation sites excluding steroid dienone is 1. The first-order chi connectivity index (χ1) is 16.6. The average Bonchev–Trinajstić information content (AvgIpc) is 3.26. The van der Waals surface area contributed by atoms with Gasteiger partial charge in [0.1, 0.15) is 11.9 Å². The third kappa shape index (κ3) is 4.56. The van der Waals surface area contributed by atoms with Crippen LogP contribution in [-0.4, -0.2) is 20.7 Å². The summed E-state index contributed by atoms with van der Waals surface area (Å²) in [7, 11) is 0. The molecular formula is C26H21ClFN5O. The van der Waals surface area contributed by atoms with Gasteiger partial charge in [0, 0.05) is 22.7 Å². The molecule has 0 unspecified atom stereocenters. The van der Waals surface area contributed by atoms with Gasteiger partial charge in [0.15, 0.2) is 0 Å². The van der Waals surface area contributed by atoms with Crippen LogP contribution < -0.4 is 10.6 Å². The van der Waals surface area contributed by atoms with E-state index >= 15 is 0 Å². The highest BCUT2D eigenvalue weighted by molar-refractivity contribution is 6.31. The number of hydrogen-bond donors (Lipinski definition) is 2. The fourth-order valence-corrected chi connectivity index (χ4v) is 4.20. The minimum absolute atomic E-state index is 0.140. The predicted octanol–water partition coefficient (Wildman–Crippen LogP) is 5.70. The van der Waals surface area contributed by atoms with Gasteiger partial charge in [-0.2, -0.15) is 4.98 Å². The number of rotatable bonds is 6. The van der Waals surface area contributed by atoms with Crippen LogP contribution in [0.1, 0.15) is 29.2 Å². The molecule has 1 aliphatic rings. The maximum absolute atomic E-state index is 14.9. The minimum Gasteiger partial charge on any atom is -0.324 e. The van der Waals surface area contributed by atoms with Crippen molar-refractivity contribution in [1.82, 2.24) is 14.8 Å². The lowest BCUT2D eigenvalue weighted by Gasteiger charge is -2.25. The molecule has 34 heavy (non-hydrogen) atoms. The van der Waals surface area contributed by atoms with Gasteiger partial charge in [-0.15, -0.1) is 5.10 Å². The zero-order valence-corrected chi connectivity index (χ0v) is 18.8. The van der Waals surface area contributed by atoms with Gasteiger partial charge in [0.05, 0.1) is 0 Å². The SMILES string of the molecule is O=C(CCc1ccccc1)Nc1nc2n(n1)[C@H](c1c(F)cccc1Cl)C=C(c1ccccc1)N2. The monoisotopic (exact) mass is 473 g/mol. The quantitative estimate of drug-likeness (QED) is 0.377. The van der Waals surface area contributed by atoms with Crippen LogP contribution in [-0.2, 0) is 11.2 Å². The van der Waals surface area contributed by atoms with Crippen LogP contribution >= 0.6 is 11.6 Å². The summed E-state index contributed by atoms with van der Waals surface area (Å²) in [4.78, 5) is 17.0. The zero-order chi connectivity index (χ0) is 23.5. The Kier molecular flexibility index (Phi) is 6.10. The molecule has 8 heteroatoms. The minimum atomic E-state index is -0.650. The van der Waals surface area contributed by atoms with Gasteiger partial charge in [-0.1, -0.05) is 78.3 Å². The summed E-state index contributed by atoms with van der Waals surface area (Å²) in [6, 6.07) is 23.3. The van der Waals surface area contributed by atoms with Crippen LogP contribution in [0.5, 0.6) is 0 Å². The van der Waals surface area contributed by atoms with Crippen molar-refractivity contribution in [1.29, 1.82) is 0 Å². The Morgan fingerprint density at radius 3 is 2.50 bits per heavy atom. The summed E-state index contributed by atoms with van der Waals surface area (Å²) in [5.41, 5.74) is 3.00. The number of aromatic nitrogens is 3. The van der Waals surface area contributed by atoms with Crippen LogP contribution in [0.15, 0.2) is 84.9 Å². The topological polar surface area (TPSA) is 71.8 Å². The molecule has 0 spiro atoms. The summed E-state index contributed by atoms with van der Waals surface area (Å²) < 4.78 is 16.4. The molecule has 0 saturated heterocycles. The first kappa shape index (κ1) is 21.9. The van der Waals surface area contributed by atoms with Gasteiger partial charge < -0.3 is 5.32 Å². The van der Waals surface area contributed by atoms with E-state index in [-0.39, 0.29) is 28.9 Å². The first-order valence-electron chi connectivity index (χ1n) is 10.9. The maximum Gasteiger partial charge on any atom is 0.250 e. The summed E-state index contributed by atoms with van der Waals surface area (Å²) in [5, 5.41) is 10.7. The molecular weight excluding hydrogens is 453 g/mol. The lowest BCUT2D eigenvalue weighted by atomic mass is 10.0. The Balaban J connectivity index is 1.44. The molecule has 170 valence electrons. The van der Waals surface area contributed by atoms with Crippen LogP contribution in [0.3, 0.4) is 0 Å². The van der Waals surface area contributed by atoms with Crippen molar-refractivity contribution in [2.75, 3.05) is 10.6 Å². The number of hydrogen-bond acceptors (Lipinski definition) is 4. The molecule has 1 aliphatic heterocycles. The zero-order valence-electron chi connectivity index (χ0n) is 18.1. The van der Waals surface area contributed by atoms with Gasteiger partial charge in [0.2, 0.25) is 11.9 Å². The van der Waals surface area contributed by atoms with E-state index in [2.05, 4.69) is 20.7 Å². The third-order valence-electron chi connectivity index (χ3n) is 5.58. The Morgan fingerprint density at radius 1 is 1.03 bits per heavy atom. The normalized spacial score (nSPS) is 14.6. The molecule has 2 N–H and O–H groups in total. The summed E-state index contributed by atoms with van der Waals surface area (Å²) in [5.74, 6) is -0.133. The van der Waals surface area contributed by atoms with E-state index in [9.17, 15) is 9.18 Å². The van der Waals surface area contributed by atoms with E-state index in [4.69, 9.17) is 11.6 Å². The molecule has 2 heterocycles. The fourth-order valence-electron chi connectivity index (χ4n) is 3.92. The summed E-state index contributed by atoms with van der Waals surface area (Å²) >= 11 is 6.39. The van der Waals surface area contributed by atoms with E-state index in [0.29, 0.717) is 12.4 Å². The van der Waals surface area contributed by atoms with E-state index in [1.165, 1.54) is 10.7 Å². The highest BCUT2D eigenvalue weighted by Gasteiger charge is 2.29. The molecule has 0 bridgehead atoms. The number of benzene rings is 3. The Hall–Kier alpha value is -3.97. The van der Waals surface area contributed by atoms with Gasteiger partial charge in [-0.25, -0.2) is 9.07 Å². The lowest BCUT2D eigenvalue weighted by Crippen LogP contribution is -2.21. The molecule has 1 atom stereocenters. The number of nitrogens with zero attached hydrogens (tertiary/aromatic N) is 3. The predicted molar refractivity (Wildman–Crippen MR) is 131 cm³/mol. The average molecular weight is 474 g/mol. The number of amides is 1. The Morgan fingerprint density at radius 2 is 1.76 bits per heavy atom. The summed E-state index contributed by atoms with van der Waals surface area (Å²) in [6.07, 6.45) is 2.74. The molecule has 6 nitrogen and oxygen atoms in total. The number of fused-ring (bicyclic) bond motifs is 1. The molecule has 0 aliphatic carbocycles. The van der Waals surface area contributed by atoms with Gasteiger partial charge in [-0.3, -0.25) is 10.1 Å². The lowest BCUT2D eigenvalue weighted by molar-refractivity contribution is -0.116. The van der Waals surface area contributed by atoms with Gasteiger partial charge in [-0.05, 0) is 35.8 Å². The highest BCUT2D eigenvalue weighted by atomic mass is 35.5. The van der Waals surface area contributed by atoms with E-state index in [1.54, 1.807) is 12.1 Å². The van der Waals surface area contributed by atoms with E-state index in [0.717, 1.165) is 16.8 Å². The number of halogens is 2. The Bertz CT molecular complexity index is 1330. The second-order valence-corrected chi connectivity index (χ2v) is 8.30. The molecule has 1 amide bonds. The Labute approximate surface area is 201 Å². The number of nitrogens with one attached hydrogen (secondary N) is 2. The van der Waals surface area contributed by atoms with E-state index < -0.39 is 11.9 Å². The largest absolute Gasteiger partial charge is 0.324 e. The molecule has 0 saturated carbocycles. The fraction of sp³-hybridized carbons (Fsp3) is 0.115. The smallest absolute Gasteiger partial charge is 0.250 e. The molecule has 0 radical (unpaired) electrons. The van der Waals surface area contributed by atoms with Crippen LogP contribution in [0.4, 0.5) is 16.3 Å². The standard InChI is InChI=1S/C26H21ClFN5O/c27-19-12-7-13-20(28)24(19)22-16-21(18-10-5-2-6-11-18)29-26-31-25(32-33(22)26)30-23(34)15-14-17-8-3-1-4-9-17/h1-13,16,22H,14-15H2,(H2,29,30,31,32,34)/t22-/m0/s1. The van der Waals surface area contributed by atoms with Gasteiger partial charge in [0.25, 0.3) is 5.95 Å². The molecule has 0 fully saturated rings. The van der Waals surface area contributed by atoms with Crippen LogP contribution in [0.2, 0.25) is 5.02 Å². The van der Waals surface area contributed by atoms with Crippen molar-refractivity contribution in [2.24, 2.45) is 0 Å². The van der Waals surface area contributed by atoms with Crippen LogP contribution in [0.25, 0.3) is 5.70 Å². The number of carbonyl (C=O) groups excluding carboxylic acids is 1. The second-order valence-electron chi connectivity index (χ2n) is 7.89. The second kappa shape index (κ2) is 9.49. The van der Waals surface area contributed by atoms with Crippen LogP contribution in [0, 0.1) is 5.82 Å². The van der Waals surface area contributed by atoms with Crippen molar-refractivity contribution in [3.05, 3.63) is 112 Å². The van der Waals surface area contributed by atoms with Crippen molar-refractivity contribution in [3.63, 3.8) is 0 Å². The van der Waals surface area contributed by atoms with E-state index in [1.807, 2.05) is 66.7 Å². The number of carbonyl (C=O) groups is 1. The molecule has 1 aromatic heterocycles. The first-order valence-corrected chi connectivity index (χ1v) is 11.2. The van der Waals surface area contributed by atoms with Crippen molar-refractivity contribution >= 4 is 35.1 Å². The number of aryl methyl sites for hydroxylation is 1. The van der Waals surface area contributed by atoms with Gasteiger partial charge >= 0.3 is 0 Å². The van der Waals surface area contributed by atoms with Crippen molar-refractivity contribution in [3.8, 4) is 0 Å². The van der Waals surface area contributed by atoms with Crippen molar-refractivity contribution < 1.29 is 9.18 Å². The van der Waals surface area contributed by atoms with Crippen molar-refractivity contribution in [2.45, 2.75) is 18.9 Å². The molecule has 3 aromatic carbocycles. The molecule has 5 rings (SSSR count). The highest BCUT2D eigenvalue weighted by Crippen LogP contribution is 2.37. The maximum atomic E-state index is 14.9.